The molecule has 0 amide bonds. The van der Waals surface area contributed by atoms with Crippen LogP contribution in [0.5, 0.6) is 5.75 Å². The number of hydrogen-bond acceptors (Lipinski definition) is 4. The molecule has 26 heavy (non-hydrogen) atoms. The predicted molar refractivity (Wildman–Crippen MR) is 102 cm³/mol. The first-order valence-corrected chi connectivity index (χ1v) is 8.99. The fourth-order valence-electron chi connectivity index (χ4n) is 3.38. The van der Waals surface area contributed by atoms with Crippen LogP contribution >= 0.6 is 11.6 Å². The summed E-state index contributed by atoms with van der Waals surface area (Å²) in [6, 6.07) is 10.5. The van der Waals surface area contributed by atoms with E-state index in [1.807, 2.05) is 6.07 Å². The van der Waals surface area contributed by atoms with Gasteiger partial charge in [-0.1, -0.05) is 29.8 Å². The first kappa shape index (κ1) is 17.3. The van der Waals surface area contributed by atoms with Gasteiger partial charge in [-0.3, -0.25) is 0 Å². The second kappa shape index (κ2) is 6.91. The summed E-state index contributed by atoms with van der Waals surface area (Å²) >= 11 is 6.22. The molecule has 1 saturated heterocycles. The molecule has 2 aliphatic heterocycles. The summed E-state index contributed by atoms with van der Waals surface area (Å²) in [6.07, 6.45) is 0.429. The third-order valence-corrected chi connectivity index (χ3v) is 5.26. The van der Waals surface area contributed by atoms with Crippen LogP contribution in [0.4, 0.5) is 10.1 Å². The molecular formula is C20H20ClFN2O2. The van der Waals surface area contributed by atoms with Gasteiger partial charge < -0.3 is 19.6 Å². The van der Waals surface area contributed by atoms with Crippen LogP contribution in [0.1, 0.15) is 11.1 Å². The van der Waals surface area contributed by atoms with Crippen molar-refractivity contribution in [2.45, 2.75) is 6.29 Å². The lowest BCUT2D eigenvalue weighted by Gasteiger charge is -2.34. The maximum Gasteiger partial charge on any atom is 0.224 e. The minimum atomic E-state index is -1.19. The molecule has 2 aromatic carbocycles. The highest BCUT2D eigenvalue weighted by molar-refractivity contribution is 6.32. The molecule has 2 aliphatic rings. The Kier molecular flexibility index (Phi) is 4.61. The number of benzene rings is 2. The number of piperazine rings is 1. The van der Waals surface area contributed by atoms with E-state index in [1.165, 1.54) is 6.07 Å². The Labute approximate surface area is 157 Å². The second-order valence-corrected chi connectivity index (χ2v) is 7.09. The van der Waals surface area contributed by atoms with E-state index in [4.69, 9.17) is 16.3 Å². The number of hydrogen-bond donors (Lipinski definition) is 1. The highest BCUT2D eigenvalue weighted by atomic mass is 35.5. The van der Waals surface area contributed by atoms with Gasteiger partial charge in [-0.2, -0.15) is 0 Å². The molecular weight excluding hydrogens is 355 g/mol. The number of ether oxygens (including phenoxy) is 1. The molecule has 1 N–H and O–H groups in total. The lowest BCUT2D eigenvalue weighted by molar-refractivity contribution is 0.0317. The van der Waals surface area contributed by atoms with Crippen LogP contribution in [0.3, 0.4) is 0 Å². The Morgan fingerprint density at radius 3 is 2.62 bits per heavy atom. The summed E-state index contributed by atoms with van der Waals surface area (Å²) in [7, 11) is 2.07. The summed E-state index contributed by atoms with van der Waals surface area (Å²) in [5.41, 5.74) is 2.20. The molecule has 1 fully saturated rings. The van der Waals surface area contributed by atoms with E-state index in [0.29, 0.717) is 27.5 Å². The number of halogens is 2. The lowest BCUT2D eigenvalue weighted by atomic mass is 9.98. The normalized spacial score (nSPS) is 20.4. The molecule has 0 saturated carbocycles. The molecule has 1 atom stereocenters. The number of fused-ring (bicyclic) bond motifs is 1. The van der Waals surface area contributed by atoms with Gasteiger partial charge in [0.1, 0.15) is 11.6 Å². The third-order valence-electron chi connectivity index (χ3n) is 4.93. The van der Waals surface area contributed by atoms with Gasteiger partial charge in [0.2, 0.25) is 6.29 Å². The van der Waals surface area contributed by atoms with Crippen molar-refractivity contribution in [2.24, 2.45) is 0 Å². The SMILES string of the molecule is CN1CCN(c2cc(F)c3c(c2)OC(O)C(c2ccccc2Cl)=C3)CC1. The Hall–Kier alpha value is -2.08. The smallest absolute Gasteiger partial charge is 0.224 e. The van der Waals surface area contributed by atoms with Crippen LogP contribution in [0.25, 0.3) is 11.6 Å². The van der Waals surface area contributed by atoms with E-state index in [1.54, 1.807) is 30.3 Å². The van der Waals surface area contributed by atoms with Crippen LogP contribution in [0.15, 0.2) is 36.4 Å². The van der Waals surface area contributed by atoms with E-state index in [0.717, 1.165) is 31.9 Å². The Balaban J connectivity index is 1.71. The van der Waals surface area contributed by atoms with Crippen molar-refractivity contribution in [1.29, 1.82) is 0 Å². The van der Waals surface area contributed by atoms with Gasteiger partial charge in [0.25, 0.3) is 0 Å². The summed E-state index contributed by atoms with van der Waals surface area (Å²) in [5, 5.41) is 10.9. The van der Waals surface area contributed by atoms with Crippen LogP contribution in [0, 0.1) is 5.82 Å². The van der Waals surface area contributed by atoms with Crippen molar-refractivity contribution in [3.05, 3.63) is 58.4 Å². The van der Waals surface area contributed by atoms with Crippen molar-refractivity contribution < 1.29 is 14.2 Å². The molecule has 1 unspecified atom stereocenters. The number of aliphatic hydroxyl groups excluding tert-OH is 1. The van der Waals surface area contributed by atoms with Crippen LogP contribution < -0.4 is 9.64 Å². The quantitative estimate of drug-likeness (QED) is 0.873. The largest absolute Gasteiger partial charge is 0.460 e. The highest BCUT2D eigenvalue weighted by Crippen LogP contribution is 2.39. The summed E-state index contributed by atoms with van der Waals surface area (Å²) < 4.78 is 20.4. The maximum atomic E-state index is 14.8. The Morgan fingerprint density at radius 1 is 1.15 bits per heavy atom. The van der Waals surface area contributed by atoms with E-state index < -0.39 is 6.29 Å². The minimum Gasteiger partial charge on any atom is -0.460 e. The van der Waals surface area contributed by atoms with Crippen molar-refractivity contribution in [3.8, 4) is 5.75 Å². The monoisotopic (exact) mass is 374 g/mol. The molecule has 0 spiro atoms. The fourth-order valence-corrected chi connectivity index (χ4v) is 3.63. The number of nitrogens with zero attached hydrogens (tertiary/aromatic N) is 2. The lowest BCUT2D eigenvalue weighted by Crippen LogP contribution is -2.44. The molecule has 2 heterocycles. The van der Waals surface area contributed by atoms with Gasteiger partial charge in [-0.25, -0.2) is 4.39 Å². The average Bonchev–Trinajstić information content (AvgIpc) is 2.62. The van der Waals surface area contributed by atoms with Crippen molar-refractivity contribution in [3.63, 3.8) is 0 Å². The van der Waals surface area contributed by atoms with Gasteiger partial charge in [0.05, 0.1) is 5.56 Å². The Morgan fingerprint density at radius 2 is 1.88 bits per heavy atom. The first-order chi connectivity index (χ1) is 12.5. The third kappa shape index (κ3) is 3.18. The highest BCUT2D eigenvalue weighted by Gasteiger charge is 2.27. The van der Waals surface area contributed by atoms with Gasteiger partial charge in [0.15, 0.2) is 0 Å². The number of aliphatic hydroxyl groups is 1. The van der Waals surface area contributed by atoms with Gasteiger partial charge in [-0.05, 0) is 25.3 Å². The first-order valence-electron chi connectivity index (χ1n) is 8.61. The fraction of sp³-hybridized carbons (Fsp3) is 0.300. The average molecular weight is 375 g/mol. The van der Waals surface area contributed by atoms with Crippen molar-refractivity contribution in [1.82, 2.24) is 4.90 Å². The molecule has 136 valence electrons. The van der Waals surface area contributed by atoms with E-state index in [2.05, 4.69) is 16.8 Å². The van der Waals surface area contributed by atoms with Gasteiger partial charge >= 0.3 is 0 Å². The van der Waals surface area contributed by atoms with Crippen molar-refractivity contribution >= 4 is 28.9 Å². The standard InChI is InChI=1S/C20H20ClFN2O2/c1-23-6-8-24(9-7-23)13-10-18(22)16-12-15(20(25)26-19(16)11-13)14-4-2-3-5-17(14)21/h2-5,10-12,20,25H,6-9H2,1H3. The minimum absolute atomic E-state index is 0.336. The molecule has 0 bridgehead atoms. The van der Waals surface area contributed by atoms with Crippen LogP contribution in [-0.4, -0.2) is 49.5 Å². The summed E-state index contributed by atoms with van der Waals surface area (Å²) in [4.78, 5) is 4.37. The molecule has 6 heteroatoms. The molecule has 4 nitrogen and oxygen atoms in total. The van der Waals surface area contributed by atoms with Gasteiger partial charge in [-0.15, -0.1) is 0 Å². The van der Waals surface area contributed by atoms with Crippen LogP contribution in [-0.2, 0) is 0 Å². The van der Waals surface area contributed by atoms with E-state index in [-0.39, 0.29) is 5.82 Å². The maximum absolute atomic E-state index is 14.8. The predicted octanol–water partition coefficient (Wildman–Crippen LogP) is 3.48. The zero-order valence-electron chi connectivity index (χ0n) is 14.5. The van der Waals surface area contributed by atoms with Crippen LogP contribution in [0.2, 0.25) is 5.02 Å². The molecule has 0 aromatic heterocycles. The molecule has 0 radical (unpaired) electrons. The van der Waals surface area contributed by atoms with E-state index in [9.17, 15) is 9.50 Å². The van der Waals surface area contributed by atoms with Gasteiger partial charge in [0, 0.05) is 54.1 Å². The number of anilines is 1. The molecule has 0 aliphatic carbocycles. The van der Waals surface area contributed by atoms with E-state index >= 15 is 0 Å². The number of rotatable bonds is 2. The second-order valence-electron chi connectivity index (χ2n) is 6.68. The zero-order valence-corrected chi connectivity index (χ0v) is 15.2. The number of likely N-dealkylation sites (N-methyl/N-ethyl adjacent to an activating group) is 1. The summed E-state index contributed by atoms with van der Waals surface area (Å²) in [6.45, 7) is 3.52. The molecule has 4 rings (SSSR count). The zero-order chi connectivity index (χ0) is 18.3. The Bertz CT molecular complexity index is 863. The molecule has 2 aromatic rings. The summed E-state index contributed by atoms with van der Waals surface area (Å²) in [5.74, 6) is -0.0184. The topological polar surface area (TPSA) is 35.9 Å². The van der Waals surface area contributed by atoms with Crippen molar-refractivity contribution in [2.75, 3.05) is 38.1 Å².